The van der Waals surface area contributed by atoms with Gasteiger partial charge in [0.25, 0.3) is 0 Å². The third kappa shape index (κ3) is 174. The molecule has 0 aliphatic heterocycles. The summed E-state index contributed by atoms with van der Waals surface area (Å²) < 4.78 is 9.87. The van der Waals surface area contributed by atoms with Gasteiger partial charge >= 0.3 is 0 Å². The Kier molecular flexibility index (Phi) is 967. The van der Waals surface area contributed by atoms with Crippen LogP contribution in [0.4, 0.5) is 0 Å². The first kappa shape index (κ1) is 169. The Morgan fingerprint density at radius 2 is 0.393 bits per heavy atom. The summed E-state index contributed by atoms with van der Waals surface area (Å²) in [6.07, 6.45) is 1.64. The molecule has 0 rings (SSSR count). The molecule has 0 amide bonds. The largest absolute Gasteiger partial charge is 0.295 e. The van der Waals surface area contributed by atoms with Crippen LogP contribution in [0.15, 0.2) is 0 Å². The van der Waals surface area contributed by atoms with E-state index in [1.165, 1.54) is 0 Å². The van der Waals surface area contributed by atoms with Crippen molar-refractivity contribution in [3.63, 3.8) is 0 Å². The zero-order valence-corrected chi connectivity index (χ0v) is 82.8. The normalized spacial score (nSPS) is 2.64. The quantitative estimate of drug-likeness (QED) is 0.351. The third-order valence-electron chi connectivity index (χ3n) is 0.332. The minimum Gasteiger partial charge on any atom is -0.295 e. The van der Waals surface area contributed by atoms with Gasteiger partial charge in [-0.05, 0) is 6.26 Å². The molecule has 0 saturated carbocycles. The van der Waals surface area contributed by atoms with Crippen molar-refractivity contribution >= 4 is 10.8 Å². The van der Waals surface area contributed by atoms with E-state index in [9.17, 15) is 4.21 Å². The average molecular weight is 2140 g/mol. The minimum absolute atomic E-state index is 0. The van der Waals surface area contributed by atoms with Crippen molar-refractivity contribution < 1.29 is 757 Å². The van der Waals surface area contributed by atoms with Crippen LogP contribution in [0.2, 0.25) is 0 Å². The molecule has 0 aromatic carbocycles. The van der Waals surface area contributed by atoms with Crippen LogP contribution in [-0.2, 0) is 763 Å². The summed E-state index contributed by atoms with van der Waals surface area (Å²) in [7, 11) is -0.698. The van der Waals surface area contributed by atoms with E-state index >= 15 is 0 Å². The first-order chi connectivity index (χ1) is 2.27. The summed E-state index contributed by atoms with van der Waals surface area (Å²) in [5.74, 6) is 1.64. The van der Waals surface area contributed by atoms with Gasteiger partial charge < -0.3 is 0 Å². The molecule has 1 unspecified atom stereocenters. The second kappa shape index (κ2) is 160. The summed E-state index contributed by atoms with van der Waals surface area (Å²) in [6.45, 7) is 1.77. The fourth-order valence-corrected chi connectivity index (χ4v) is 0. The van der Waals surface area contributed by atoms with E-state index in [0.717, 1.165) is 0 Å². The molecule has 0 aliphatic rings. The summed E-state index contributed by atoms with van der Waals surface area (Å²) in [4.78, 5) is 0. The molecule has 28 heavy (non-hydrogen) atoms. The molecular weight excluding hydrogens is 2130 g/mol. The Hall–Kier alpha value is 25.5. The van der Waals surface area contributed by atoms with Gasteiger partial charge in [-0.1, -0.05) is 0 Å². The Balaban J connectivity index is -0.000000000316. The Morgan fingerprint density at radius 1 is 0.357 bits per heavy atom. The van der Waals surface area contributed by atoms with Gasteiger partial charge in [0.2, 0.25) is 0 Å². The smallest absolute Gasteiger partial charge is 0 e. The van der Waals surface area contributed by atoms with Crippen molar-refractivity contribution in [3.05, 3.63) is 5.75 Å². The van der Waals surface area contributed by atoms with E-state index in [-0.39, 0.29) is 752 Å². The first-order valence-corrected chi connectivity index (χ1v) is 3.01. The van der Waals surface area contributed by atoms with Crippen molar-refractivity contribution in [3.8, 4) is 0 Å². The second-order valence-electron chi connectivity index (χ2n) is 0.734. The number of hydrogen-bond acceptors (Lipinski definition) is 1. The van der Waals surface area contributed by atoms with E-state index in [4.69, 9.17) is 0 Å². The molecule has 0 bridgehead atoms. The SMILES string of the molecule is C[CH-]S(C)=O.[Y].[Y].[Y].[Y].[Y].[Y].[Y].[Y].[Y].[Y].[Y].[Y].[Y].[Y].[Y].[Y].[Y].[Y].[Y].[Y].[Y].[Y].[Y]. The van der Waals surface area contributed by atoms with Crippen LogP contribution in [0.3, 0.4) is 0 Å². The zero-order chi connectivity index (χ0) is 4.28. The summed E-state index contributed by atoms with van der Waals surface area (Å²) in [5.41, 5.74) is 0. The van der Waals surface area contributed by atoms with Gasteiger partial charge in [0.15, 0.2) is 0 Å². The molecule has 0 aromatic rings. The Labute approximate surface area is 757 Å². The third-order valence-corrected chi connectivity index (χ3v) is 0.996. The van der Waals surface area contributed by atoms with Crippen molar-refractivity contribution in [2.45, 2.75) is 6.92 Å². The monoisotopic (exact) mass is 2140 g/mol. The second-order valence-corrected chi connectivity index (χ2v) is 2.20. The van der Waals surface area contributed by atoms with E-state index in [2.05, 4.69) is 0 Å². The molecule has 0 spiro atoms. The topological polar surface area (TPSA) is 17.1 Å². The van der Waals surface area contributed by atoms with E-state index in [1.54, 1.807) is 18.9 Å². The molecule has 0 fully saturated rings. The molecule has 0 N–H and O–H groups in total. The van der Waals surface area contributed by atoms with Gasteiger partial charge in [-0.15, -0.1) is 10.8 Å². The summed E-state index contributed by atoms with van der Waals surface area (Å²) >= 11 is 0. The van der Waals surface area contributed by atoms with Crippen LogP contribution in [-0.4, -0.2) is 10.5 Å². The van der Waals surface area contributed by atoms with Gasteiger partial charge in [-0.25, -0.2) is 5.75 Å². The molecule has 1 nitrogen and oxygen atoms in total. The predicted octanol–water partition coefficient (Wildman–Crippen LogP) is 0.489. The van der Waals surface area contributed by atoms with Crippen molar-refractivity contribution in [1.82, 2.24) is 0 Å². The van der Waals surface area contributed by atoms with Crippen LogP contribution < -0.4 is 0 Å². The van der Waals surface area contributed by atoms with Gasteiger partial charge in [0, 0.05) is 752 Å². The van der Waals surface area contributed by atoms with E-state index in [0.29, 0.717) is 0 Å². The summed E-state index contributed by atoms with van der Waals surface area (Å²) in [5, 5.41) is 0. The van der Waals surface area contributed by atoms with Crippen molar-refractivity contribution in [2.24, 2.45) is 0 Å². The van der Waals surface area contributed by atoms with Crippen LogP contribution in [0, 0.1) is 5.75 Å². The molecule has 0 heterocycles. The zero-order valence-electron chi connectivity index (χ0n) is 16.7. The fourth-order valence-electron chi connectivity index (χ4n) is 0. The van der Waals surface area contributed by atoms with Gasteiger partial charge in [0.05, 0.1) is 0 Å². The summed E-state index contributed by atoms with van der Waals surface area (Å²) in [6, 6.07) is 0. The maximum absolute atomic E-state index is 9.87. The molecule has 0 aliphatic carbocycles. The number of hydrogen-bond donors (Lipinski definition) is 0. The van der Waals surface area contributed by atoms with E-state index < -0.39 is 10.8 Å². The molecule has 23 radical (unpaired) electrons. The average Bonchev–Trinajstić information content (AvgIpc) is 1.38. The van der Waals surface area contributed by atoms with Crippen molar-refractivity contribution in [1.29, 1.82) is 0 Å². The molecule has 101 valence electrons. The Bertz CT molecular complexity index is 61.1. The number of rotatable bonds is 1. The van der Waals surface area contributed by atoms with Crippen molar-refractivity contribution in [2.75, 3.05) is 6.26 Å². The maximum Gasteiger partial charge on any atom is 0 e. The van der Waals surface area contributed by atoms with E-state index in [1.807, 2.05) is 0 Å². The Morgan fingerprint density at radius 3 is 0.393 bits per heavy atom. The standard InChI is InChI=1S/C3H7OS.23Y/c1-3-5(2)4;;;;;;;;;;;;;;;;;;;;;;;/h3H,1-2H3;;;;;;;;;;;;;;;;;;;;;;;/q-1;;;;;;;;;;;;;;;;;;;;;;;. The van der Waals surface area contributed by atoms with Crippen LogP contribution in [0.25, 0.3) is 0 Å². The van der Waals surface area contributed by atoms with Gasteiger partial charge in [-0.3, -0.25) is 4.21 Å². The first-order valence-electron chi connectivity index (χ1n) is 1.39. The van der Waals surface area contributed by atoms with Crippen LogP contribution in [0.5, 0.6) is 0 Å². The van der Waals surface area contributed by atoms with Crippen LogP contribution in [0.1, 0.15) is 6.92 Å². The fraction of sp³-hybridized carbons (Fsp3) is 0.667. The molecule has 25 heteroatoms. The molecular formula is C3H7OSY23-. The van der Waals surface area contributed by atoms with Gasteiger partial charge in [0.1, 0.15) is 0 Å². The van der Waals surface area contributed by atoms with Gasteiger partial charge in [-0.2, -0.15) is 6.92 Å². The predicted molar refractivity (Wildman–Crippen MR) is 24.0 cm³/mol. The van der Waals surface area contributed by atoms with Crippen LogP contribution >= 0.6 is 0 Å². The molecule has 0 aromatic heterocycles. The molecule has 0 saturated heterocycles. The molecule has 1 atom stereocenters. The minimum atomic E-state index is -0.698. The maximum atomic E-state index is 9.87.